The van der Waals surface area contributed by atoms with Gasteiger partial charge in [-0.3, -0.25) is 5.10 Å². The second-order valence-electron chi connectivity index (χ2n) is 3.90. The molecule has 0 aromatic carbocycles. The normalized spacial score (nSPS) is 10.6. The molecule has 0 saturated heterocycles. The summed E-state index contributed by atoms with van der Waals surface area (Å²) in [7, 11) is 0. The summed E-state index contributed by atoms with van der Waals surface area (Å²) in [5.74, 6) is 1.07. The van der Waals surface area contributed by atoms with Gasteiger partial charge in [0.1, 0.15) is 5.82 Å². The molecular weight excluding hydrogens is 230 g/mol. The molecule has 2 aromatic heterocycles. The second kappa shape index (κ2) is 5.44. The van der Waals surface area contributed by atoms with Crippen LogP contribution in [0.2, 0.25) is 0 Å². The minimum absolute atomic E-state index is 0.518. The van der Waals surface area contributed by atoms with Gasteiger partial charge in [-0.25, -0.2) is 4.98 Å². The third kappa shape index (κ3) is 2.55. The standard InChI is InChI=1S/C11H17N7/c1-3-8-9(4-2)16-18-11(15-8)13-5-7-6-14-17-10(7)12/h6H,3-5H2,1-2H3,(H3,12,14,17)(H,13,15,18). The van der Waals surface area contributed by atoms with E-state index in [9.17, 15) is 0 Å². The summed E-state index contributed by atoms with van der Waals surface area (Å²) < 4.78 is 0. The van der Waals surface area contributed by atoms with Crippen LogP contribution in [-0.4, -0.2) is 25.4 Å². The molecular formula is C11H17N7. The van der Waals surface area contributed by atoms with Crippen LogP contribution >= 0.6 is 0 Å². The fourth-order valence-electron chi connectivity index (χ4n) is 1.65. The number of nitrogens with zero attached hydrogens (tertiary/aromatic N) is 4. The molecule has 2 aromatic rings. The van der Waals surface area contributed by atoms with Crippen molar-refractivity contribution in [3.8, 4) is 0 Å². The average molecular weight is 247 g/mol. The van der Waals surface area contributed by atoms with Crippen LogP contribution in [0.4, 0.5) is 11.8 Å². The summed E-state index contributed by atoms with van der Waals surface area (Å²) in [5, 5.41) is 17.8. The highest BCUT2D eigenvalue weighted by molar-refractivity contribution is 5.39. The fraction of sp³-hybridized carbons (Fsp3) is 0.455. The first-order chi connectivity index (χ1) is 8.74. The van der Waals surface area contributed by atoms with Gasteiger partial charge in [0.25, 0.3) is 0 Å². The SMILES string of the molecule is CCc1nnc(NCc2cn[nH]c2N)nc1CC. The predicted octanol–water partition coefficient (Wildman–Crippen LogP) is 0.914. The molecule has 0 spiro atoms. The van der Waals surface area contributed by atoms with Crippen molar-refractivity contribution < 1.29 is 0 Å². The van der Waals surface area contributed by atoms with Crippen molar-refractivity contribution in [1.82, 2.24) is 25.4 Å². The van der Waals surface area contributed by atoms with E-state index in [0.29, 0.717) is 18.3 Å². The first-order valence-electron chi connectivity index (χ1n) is 5.98. The lowest BCUT2D eigenvalue weighted by Crippen LogP contribution is -2.09. The van der Waals surface area contributed by atoms with E-state index in [1.807, 2.05) is 6.92 Å². The van der Waals surface area contributed by atoms with Crippen molar-refractivity contribution in [2.24, 2.45) is 0 Å². The van der Waals surface area contributed by atoms with Gasteiger partial charge < -0.3 is 11.1 Å². The van der Waals surface area contributed by atoms with Crippen LogP contribution in [-0.2, 0) is 19.4 Å². The Labute approximate surface area is 105 Å². The highest BCUT2D eigenvalue weighted by Crippen LogP contribution is 2.10. The number of nitrogens with two attached hydrogens (primary N) is 1. The third-order valence-corrected chi connectivity index (χ3v) is 2.70. The van der Waals surface area contributed by atoms with Gasteiger partial charge in [0.05, 0.1) is 17.6 Å². The molecule has 4 N–H and O–H groups in total. The predicted molar refractivity (Wildman–Crippen MR) is 68.9 cm³/mol. The molecule has 0 saturated carbocycles. The maximum Gasteiger partial charge on any atom is 0.243 e. The number of aromatic amines is 1. The van der Waals surface area contributed by atoms with E-state index >= 15 is 0 Å². The van der Waals surface area contributed by atoms with Gasteiger partial charge >= 0.3 is 0 Å². The molecule has 96 valence electrons. The summed E-state index contributed by atoms with van der Waals surface area (Å²) in [5.41, 5.74) is 8.51. The van der Waals surface area contributed by atoms with Gasteiger partial charge in [-0.1, -0.05) is 13.8 Å². The smallest absolute Gasteiger partial charge is 0.243 e. The van der Waals surface area contributed by atoms with Crippen molar-refractivity contribution in [2.45, 2.75) is 33.2 Å². The number of hydrogen-bond donors (Lipinski definition) is 3. The molecule has 0 atom stereocenters. The van der Waals surface area contributed by atoms with Gasteiger partial charge in [-0.15, -0.1) is 5.10 Å². The first-order valence-corrected chi connectivity index (χ1v) is 5.98. The summed E-state index contributed by atoms with van der Waals surface area (Å²) in [6, 6.07) is 0. The summed E-state index contributed by atoms with van der Waals surface area (Å²) >= 11 is 0. The molecule has 0 aliphatic heterocycles. The van der Waals surface area contributed by atoms with Crippen LogP contribution in [0.1, 0.15) is 30.8 Å². The zero-order valence-corrected chi connectivity index (χ0v) is 10.6. The van der Waals surface area contributed by atoms with Crippen LogP contribution in [0.25, 0.3) is 0 Å². The van der Waals surface area contributed by atoms with Gasteiger partial charge in [0.2, 0.25) is 5.95 Å². The zero-order chi connectivity index (χ0) is 13.0. The first kappa shape index (κ1) is 12.3. The molecule has 0 fully saturated rings. The number of H-pyrrole nitrogens is 1. The quantitative estimate of drug-likeness (QED) is 0.725. The van der Waals surface area contributed by atoms with E-state index in [1.54, 1.807) is 6.20 Å². The Morgan fingerprint density at radius 3 is 2.61 bits per heavy atom. The van der Waals surface area contributed by atoms with E-state index in [2.05, 4.69) is 37.6 Å². The largest absolute Gasteiger partial charge is 0.384 e. The highest BCUT2D eigenvalue weighted by atomic mass is 15.2. The van der Waals surface area contributed by atoms with Gasteiger partial charge in [0, 0.05) is 12.1 Å². The molecule has 7 heteroatoms. The topological polar surface area (TPSA) is 105 Å². The molecule has 0 aliphatic rings. The van der Waals surface area contributed by atoms with Gasteiger partial charge in [0.15, 0.2) is 0 Å². The number of aryl methyl sites for hydroxylation is 2. The number of anilines is 2. The summed E-state index contributed by atoms with van der Waals surface area (Å²) in [4.78, 5) is 4.43. The van der Waals surface area contributed by atoms with Crippen molar-refractivity contribution in [2.75, 3.05) is 11.1 Å². The fourth-order valence-corrected chi connectivity index (χ4v) is 1.65. The monoisotopic (exact) mass is 247 g/mol. The minimum Gasteiger partial charge on any atom is -0.384 e. The van der Waals surface area contributed by atoms with Gasteiger partial charge in [-0.05, 0) is 12.8 Å². The van der Waals surface area contributed by atoms with Crippen LogP contribution < -0.4 is 11.1 Å². The lowest BCUT2D eigenvalue weighted by molar-refractivity contribution is 0.819. The Bertz CT molecular complexity index is 520. The molecule has 7 nitrogen and oxygen atoms in total. The minimum atomic E-state index is 0.518. The van der Waals surface area contributed by atoms with Gasteiger partial charge in [-0.2, -0.15) is 10.2 Å². The number of rotatable bonds is 5. The van der Waals surface area contributed by atoms with E-state index in [-0.39, 0.29) is 0 Å². The molecule has 0 radical (unpaired) electrons. The van der Waals surface area contributed by atoms with Crippen molar-refractivity contribution in [1.29, 1.82) is 0 Å². The molecule has 18 heavy (non-hydrogen) atoms. The number of nitrogen functional groups attached to an aromatic ring is 1. The van der Waals surface area contributed by atoms with Crippen molar-refractivity contribution in [3.05, 3.63) is 23.1 Å². The van der Waals surface area contributed by atoms with Crippen LogP contribution in [0.5, 0.6) is 0 Å². The maximum atomic E-state index is 5.69. The van der Waals surface area contributed by atoms with E-state index in [1.165, 1.54) is 0 Å². The molecule has 0 aliphatic carbocycles. The second-order valence-corrected chi connectivity index (χ2v) is 3.90. The van der Waals surface area contributed by atoms with Crippen LogP contribution in [0.3, 0.4) is 0 Å². The summed E-state index contributed by atoms with van der Waals surface area (Å²) in [6.07, 6.45) is 3.37. The highest BCUT2D eigenvalue weighted by Gasteiger charge is 2.07. The third-order valence-electron chi connectivity index (χ3n) is 2.70. The Morgan fingerprint density at radius 1 is 1.22 bits per heavy atom. The molecule has 0 amide bonds. The molecule has 2 rings (SSSR count). The Morgan fingerprint density at radius 2 is 2.00 bits per heavy atom. The molecule has 0 unspecified atom stereocenters. The Hall–Kier alpha value is -2.18. The maximum absolute atomic E-state index is 5.69. The van der Waals surface area contributed by atoms with Crippen LogP contribution in [0.15, 0.2) is 6.20 Å². The van der Waals surface area contributed by atoms with Crippen LogP contribution in [0, 0.1) is 0 Å². The number of hydrogen-bond acceptors (Lipinski definition) is 6. The lowest BCUT2D eigenvalue weighted by Gasteiger charge is -2.07. The van der Waals surface area contributed by atoms with E-state index in [4.69, 9.17) is 5.73 Å². The van der Waals surface area contributed by atoms with E-state index < -0.39 is 0 Å². The lowest BCUT2D eigenvalue weighted by atomic mass is 10.2. The molecule has 2 heterocycles. The Kier molecular flexibility index (Phi) is 3.71. The number of aromatic nitrogens is 5. The average Bonchev–Trinajstić information content (AvgIpc) is 2.81. The zero-order valence-electron chi connectivity index (χ0n) is 10.6. The van der Waals surface area contributed by atoms with E-state index in [0.717, 1.165) is 29.8 Å². The number of nitrogens with one attached hydrogen (secondary N) is 2. The van der Waals surface area contributed by atoms with Crippen molar-refractivity contribution >= 4 is 11.8 Å². The Balaban J connectivity index is 2.08. The molecule has 0 bridgehead atoms. The summed E-state index contributed by atoms with van der Waals surface area (Å²) in [6.45, 7) is 4.63. The van der Waals surface area contributed by atoms with Crippen molar-refractivity contribution in [3.63, 3.8) is 0 Å².